The number of carbonyl (C=O) groups is 2. The third-order valence-electron chi connectivity index (χ3n) is 6.54. The summed E-state index contributed by atoms with van der Waals surface area (Å²) in [7, 11) is 0. The summed E-state index contributed by atoms with van der Waals surface area (Å²) >= 11 is 9.65. The summed E-state index contributed by atoms with van der Waals surface area (Å²) in [5, 5.41) is 7.17. The monoisotopic (exact) mass is 517 g/mol. The topological polar surface area (TPSA) is 115 Å². The van der Waals surface area contributed by atoms with Gasteiger partial charge in [0.25, 0.3) is 11.5 Å². The van der Waals surface area contributed by atoms with Gasteiger partial charge in [0, 0.05) is 16.4 Å². The van der Waals surface area contributed by atoms with Gasteiger partial charge in [-0.2, -0.15) is 11.8 Å². The first-order chi connectivity index (χ1) is 16.4. The van der Waals surface area contributed by atoms with Crippen molar-refractivity contribution in [3.05, 3.63) is 43.9 Å². The number of aryl methyl sites for hydroxylation is 1. The number of thioether (sulfide) groups is 1. The van der Waals surface area contributed by atoms with Gasteiger partial charge in [-0.1, -0.05) is 11.6 Å². The van der Waals surface area contributed by atoms with Crippen molar-refractivity contribution < 1.29 is 14.3 Å². The molecule has 0 radical (unpaired) electrons. The minimum atomic E-state index is -0.722. The number of nitrogens with one attached hydrogen (secondary N) is 2. The highest BCUT2D eigenvalue weighted by atomic mass is 35.5. The van der Waals surface area contributed by atoms with Crippen LogP contribution in [0.15, 0.2) is 17.2 Å². The summed E-state index contributed by atoms with van der Waals surface area (Å²) in [5.74, 6) is 1.08. The van der Waals surface area contributed by atoms with Crippen LogP contribution < -0.4 is 16.2 Å². The van der Waals surface area contributed by atoms with Crippen molar-refractivity contribution >= 4 is 68.3 Å². The first-order valence-electron chi connectivity index (χ1n) is 11.0. The lowest BCUT2D eigenvalue weighted by Crippen LogP contribution is -2.57. The van der Waals surface area contributed by atoms with Crippen molar-refractivity contribution in [3.8, 4) is 0 Å². The van der Waals surface area contributed by atoms with Gasteiger partial charge in [-0.25, -0.2) is 9.97 Å². The van der Waals surface area contributed by atoms with Crippen LogP contribution in [0.4, 0.5) is 11.5 Å². The van der Waals surface area contributed by atoms with Crippen molar-refractivity contribution in [1.29, 1.82) is 0 Å². The Morgan fingerprint density at radius 2 is 2.21 bits per heavy atom. The lowest BCUT2D eigenvalue weighted by molar-refractivity contribution is -0.148. The summed E-state index contributed by atoms with van der Waals surface area (Å²) in [6, 6.07) is 1.49. The predicted octanol–water partition coefficient (Wildman–Crippen LogP) is 3.06. The molecule has 0 aromatic carbocycles. The van der Waals surface area contributed by atoms with E-state index in [1.54, 1.807) is 11.8 Å². The van der Waals surface area contributed by atoms with Gasteiger partial charge in [-0.05, 0) is 37.8 Å². The number of esters is 1. The van der Waals surface area contributed by atoms with E-state index in [1.807, 2.05) is 6.92 Å². The molecule has 1 spiro atoms. The smallest absolute Gasteiger partial charge is 0.309 e. The molecule has 176 valence electrons. The molecule has 2 N–H and O–H groups in total. The minimum Gasteiger partial charge on any atom is -0.466 e. The summed E-state index contributed by atoms with van der Waals surface area (Å²) in [6.07, 6.45) is 3.45. The third-order valence-corrected chi connectivity index (χ3v) is 9.36. The predicted molar refractivity (Wildman–Crippen MR) is 131 cm³/mol. The number of fused-ring (bicyclic) bond motifs is 5. The molecule has 3 aliphatic rings. The molecule has 3 aromatic rings. The van der Waals surface area contributed by atoms with Gasteiger partial charge >= 0.3 is 5.97 Å². The van der Waals surface area contributed by atoms with E-state index in [0.29, 0.717) is 43.2 Å². The highest BCUT2D eigenvalue weighted by Crippen LogP contribution is 2.42. The summed E-state index contributed by atoms with van der Waals surface area (Å²) < 4.78 is 6.71. The first kappa shape index (κ1) is 21.9. The van der Waals surface area contributed by atoms with Gasteiger partial charge in [-0.15, -0.1) is 11.3 Å². The lowest BCUT2D eigenvalue weighted by Gasteiger charge is -2.38. The van der Waals surface area contributed by atoms with Crippen LogP contribution >= 0.6 is 34.7 Å². The zero-order chi connectivity index (χ0) is 23.6. The number of halogens is 1. The minimum absolute atomic E-state index is 0.161. The van der Waals surface area contributed by atoms with E-state index in [1.165, 1.54) is 28.3 Å². The van der Waals surface area contributed by atoms with E-state index >= 15 is 0 Å². The van der Waals surface area contributed by atoms with Gasteiger partial charge in [0.1, 0.15) is 34.0 Å². The number of hydrogen-bond acceptors (Lipinski definition) is 9. The molecule has 1 aliphatic carbocycles. The molecule has 1 atom stereocenters. The number of rotatable bonds is 4. The van der Waals surface area contributed by atoms with Gasteiger partial charge in [0.05, 0.1) is 22.9 Å². The molecule has 9 nitrogen and oxygen atoms in total. The Morgan fingerprint density at radius 3 is 2.94 bits per heavy atom. The zero-order valence-electron chi connectivity index (χ0n) is 18.1. The Bertz CT molecular complexity index is 1430. The normalized spacial score (nSPS) is 19.9. The summed E-state index contributed by atoms with van der Waals surface area (Å²) in [4.78, 5) is 49.0. The van der Waals surface area contributed by atoms with E-state index in [0.717, 1.165) is 20.7 Å². The molecular formula is C22H20ClN5O4S2. The van der Waals surface area contributed by atoms with Crippen LogP contribution in [0.2, 0.25) is 5.02 Å². The maximum absolute atomic E-state index is 13.5. The number of anilines is 2. The maximum Gasteiger partial charge on any atom is 0.309 e. The molecule has 6 rings (SSSR count). The second kappa shape index (κ2) is 7.96. The molecule has 3 aromatic heterocycles. The Morgan fingerprint density at radius 1 is 1.38 bits per heavy atom. The zero-order valence-corrected chi connectivity index (χ0v) is 20.5. The van der Waals surface area contributed by atoms with Crippen molar-refractivity contribution in [2.75, 3.05) is 23.4 Å². The highest BCUT2D eigenvalue weighted by molar-refractivity contribution is 8.00. The SMILES string of the molecule is CCOC(=O)[C@H]1CCc2c(sc3ncnc(Nc4cc(Cl)c5n(c4=O)C4(CSC4)NC5=O)c23)C1. The Hall–Kier alpha value is -2.63. The Kier molecular flexibility index (Phi) is 5.12. The molecule has 0 saturated carbocycles. The first-order valence-corrected chi connectivity index (χ1v) is 13.3. The number of pyridine rings is 1. The summed E-state index contributed by atoms with van der Waals surface area (Å²) in [5.41, 5.74) is 0.501. The van der Waals surface area contributed by atoms with Gasteiger partial charge in [-0.3, -0.25) is 19.0 Å². The van der Waals surface area contributed by atoms with Crippen LogP contribution in [0.1, 0.15) is 34.3 Å². The van der Waals surface area contributed by atoms with Crippen LogP contribution in [0.3, 0.4) is 0 Å². The Labute approximate surface area is 207 Å². The molecule has 1 amide bonds. The van der Waals surface area contributed by atoms with Crippen molar-refractivity contribution in [2.24, 2.45) is 5.92 Å². The number of aromatic nitrogens is 3. The van der Waals surface area contributed by atoms with Gasteiger partial charge in [0.2, 0.25) is 0 Å². The number of amides is 1. The molecule has 34 heavy (non-hydrogen) atoms. The van der Waals surface area contributed by atoms with Crippen molar-refractivity contribution in [2.45, 2.75) is 31.8 Å². The van der Waals surface area contributed by atoms with Crippen molar-refractivity contribution in [3.63, 3.8) is 0 Å². The van der Waals surface area contributed by atoms with Crippen LogP contribution in [0.25, 0.3) is 10.2 Å². The molecule has 1 fully saturated rings. The van der Waals surface area contributed by atoms with Crippen LogP contribution in [-0.2, 0) is 28.0 Å². The van der Waals surface area contributed by atoms with Crippen LogP contribution in [0.5, 0.6) is 0 Å². The van der Waals surface area contributed by atoms with E-state index in [-0.39, 0.29) is 39.8 Å². The van der Waals surface area contributed by atoms with E-state index < -0.39 is 5.66 Å². The number of nitrogens with zero attached hydrogens (tertiary/aromatic N) is 3. The fourth-order valence-corrected chi connectivity index (χ4v) is 7.45. The van der Waals surface area contributed by atoms with Crippen LogP contribution in [-0.4, -0.2) is 44.5 Å². The fraction of sp³-hybridized carbons (Fsp3) is 0.409. The molecular weight excluding hydrogens is 498 g/mol. The largest absolute Gasteiger partial charge is 0.466 e. The quantitative estimate of drug-likeness (QED) is 0.507. The molecule has 1 saturated heterocycles. The second-order valence-electron chi connectivity index (χ2n) is 8.60. The highest BCUT2D eigenvalue weighted by Gasteiger charge is 2.50. The number of ether oxygens (including phenoxy) is 1. The third kappa shape index (κ3) is 3.17. The standard InChI is InChI=1S/C22H20ClN5O4S2/c1-2-32-21(31)10-3-4-11-14(5-10)34-19-15(11)17(24-9-25-19)26-13-6-12(23)16-18(29)27-22(7-33-8-22)28(16)20(13)30/h6,9-10H,2-5,7-8H2,1H3,(H,27,29)(H,24,25,26)/t10-/m0/s1. The number of hydrogen-bond donors (Lipinski definition) is 2. The fourth-order valence-electron chi connectivity index (χ4n) is 4.91. The number of carbonyl (C=O) groups excluding carboxylic acids is 2. The molecule has 5 heterocycles. The maximum atomic E-state index is 13.5. The molecule has 0 bridgehead atoms. The molecule has 0 unspecified atom stereocenters. The van der Waals surface area contributed by atoms with Gasteiger partial charge in [0.15, 0.2) is 0 Å². The van der Waals surface area contributed by atoms with E-state index in [2.05, 4.69) is 20.6 Å². The Balaban J connectivity index is 1.40. The average Bonchev–Trinajstić information content (AvgIpc) is 3.33. The number of thiophene rings is 1. The average molecular weight is 518 g/mol. The molecule has 2 aliphatic heterocycles. The van der Waals surface area contributed by atoms with Gasteiger partial charge < -0.3 is 15.4 Å². The van der Waals surface area contributed by atoms with E-state index in [9.17, 15) is 14.4 Å². The second-order valence-corrected chi connectivity index (χ2v) is 11.1. The summed E-state index contributed by atoms with van der Waals surface area (Å²) in [6.45, 7) is 2.18. The lowest BCUT2D eigenvalue weighted by atomic mass is 9.88. The van der Waals surface area contributed by atoms with Crippen LogP contribution in [0, 0.1) is 5.92 Å². The molecule has 12 heteroatoms. The van der Waals surface area contributed by atoms with Crippen molar-refractivity contribution in [1.82, 2.24) is 19.9 Å². The van der Waals surface area contributed by atoms with E-state index in [4.69, 9.17) is 16.3 Å².